The number of nitrogens with two attached hydrogens (primary N) is 1. The van der Waals surface area contributed by atoms with E-state index in [1.807, 2.05) is 24.3 Å². The summed E-state index contributed by atoms with van der Waals surface area (Å²) in [5.74, 6) is 1.06. The Morgan fingerprint density at radius 3 is 2.48 bits per heavy atom. The van der Waals surface area contributed by atoms with Crippen molar-refractivity contribution >= 4 is 5.91 Å². The molecule has 0 atom stereocenters. The van der Waals surface area contributed by atoms with E-state index in [0.717, 1.165) is 5.56 Å². The molecule has 1 rings (SSSR count). The summed E-state index contributed by atoms with van der Waals surface area (Å²) < 4.78 is 10.6. The summed E-state index contributed by atoms with van der Waals surface area (Å²) in [5, 5.41) is 0. The maximum atomic E-state index is 12.2. The van der Waals surface area contributed by atoms with Crippen LogP contribution in [0.5, 0.6) is 5.75 Å². The van der Waals surface area contributed by atoms with Gasteiger partial charge in [-0.3, -0.25) is 4.79 Å². The quantitative estimate of drug-likeness (QED) is 0.752. The number of benzene rings is 1. The standard InChI is InChI=1S/C16H26N2O3/c1-13(2)11-18(8-9-20-3)16(19)12-21-15-6-4-14(10-17)5-7-15/h4-7,13H,8-12,17H2,1-3H3. The number of nitrogens with zero attached hydrogens (tertiary/aromatic N) is 1. The summed E-state index contributed by atoms with van der Waals surface area (Å²) in [6.45, 7) is 6.53. The first-order valence-electron chi connectivity index (χ1n) is 7.25. The van der Waals surface area contributed by atoms with E-state index < -0.39 is 0 Å². The fourth-order valence-electron chi connectivity index (χ4n) is 1.92. The number of hydrogen-bond acceptors (Lipinski definition) is 4. The van der Waals surface area contributed by atoms with Crippen LogP contribution in [0.25, 0.3) is 0 Å². The fraction of sp³-hybridized carbons (Fsp3) is 0.562. The van der Waals surface area contributed by atoms with Crippen molar-refractivity contribution in [1.29, 1.82) is 0 Å². The van der Waals surface area contributed by atoms with Crippen molar-refractivity contribution in [2.45, 2.75) is 20.4 Å². The molecular weight excluding hydrogens is 268 g/mol. The molecule has 0 spiro atoms. The highest BCUT2D eigenvalue weighted by Crippen LogP contribution is 2.12. The second kappa shape index (κ2) is 9.37. The highest BCUT2D eigenvalue weighted by molar-refractivity contribution is 5.77. The molecule has 0 saturated heterocycles. The van der Waals surface area contributed by atoms with Gasteiger partial charge in [0.2, 0.25) is 0 Å². The molecule has 118 valence electrons. The summed E-state index contributed by atoms with van der Waals surface area (Å²) >= 11 is 0. The van der Waals surface area contributed by atoms with Crippen LogP contribution in [0.1, 0.15) is 19.4 Å². The largest absolute Gasteiger partial charge is 0.484 e. The van der Waals surface area contributed by atoms with Crippen LogP contribution in [0.15, 0.2) is 24.3 Å². The molecule has 5 nitrogen and oxygen atoms in total. The van der Waals surface area contributed by atoms with E-state index in [9.17, 15) is 4.79 Å². The van der Waals surface area contributed by atoms with Crippen molar-refractivity contribution in [3.63, 3.8) is 0 Å². The molecule has 0 fully saturated rings. The molecule has 1 amide bonds. The Hall–Kier alpha value is -1.59. The van der Waals surface area contributed by atoms with Gasteiger partial charge in [-0.05, 0) is 23.6 Å². The van der Waals surface area contributed by atoms with Crippen LogP contribution in [0.3, 0.4) is 0 Å². The lowest BCUT2D eigenvalue weighted by Crippen LogP contribution is -2.39. The molecule has 0 radical (unpaired) electrons. The lowest BCUT2D eigenvalue weighted by molar-refractivity contribution is -0.134. The van der Waals surface area contributed by atoms with Crippen molar-refractivity contribution in [3.05, 3.63) is 29.8 Å². The maximum absolute atomic E-state index is 12.2. The van der Waals surface area contributed by atoms with E-state index in [4.69, 9.17) is 15.2 Å². The van der Waals surface area contributed by atoms with E-state index in [0.29, 0.717) is 37.9 Å². The zero-order valence-electron chi connectivity index (χ0n) is 13.2. The van der Waals surface area contributed by atoms with E-state index in [1.165, 1.54) is 0 Å². The van der Waals surface area contributed by atoms with E-state index >= 15 is 0 Å². The van der Waals surface area contributed by atoms with Gasteiger partial charge < -0.3 is 20.1 Å². The molecule has 0 heterocycles. The van der Waals surface area contributed by atoms with Gasteiger partial charge in [-0.1, -0.05) is 26.0 Å². The van der Waals surface area contributed by atoms with Crippen LogP contribution in [0, 0.1) is 5.92 Å². The Bertz CT molecular complexity index is 418. The zero-order valence-corrected chi connectivity index (χ0v) is 13.2. The van der Waals surface area contributed by atoms with E-state index in [2.05, 4.69) is 13.8 Å². The molecule has 0 aliphatic heterocycles. The van der Waals surface area contributed by atoms with Crippen LogP contribution < -0.4 is 10.5 Å². The second-order valence-electron chi connectivity index (χ2n) is 5.36. The normalized spacial score (nSPS) is 10.7. The third-order valence-corrected chi connectivity index (χ3v) is 3.02. The molecule has 0 bridgehead atoms. The number of ether oxygens (including phenoxy) is 2. The predicted molar refractivity (Wildman–Crippen MR) is 83.1 cm³/mol. The van der Waals surface area contributed by atoms with Gasteiger partial charge >= 0.3 is 0 Å². The van der Waals surface area contributed by atoms with Crippen LogP contribution in [-0.4, -0.2) is 44.2 Å². The number of hydrogen-bond donors (Lipinski definition) is 1. The Kier molecular flexibility index (Phi) is 7.79. The molecule has 1 aromatic carbocycles. The molecule has 0 aromatic heterocycles. The lowest BCUT2D eigenvalue weighted by atomic mass is 10.2. The zero-order chi connectivity index (χ0) is 15.7. The Labute approximate surface area is 127 Å². The highest BCUT2D eigenvalue weighted by Gasteiger charge is 2.15. The Balaban J connectivity index is 2.50. The number of rotatable bonds is 9. The molecule has 0 unspecified atom stereocenters. The number of carbonyl (C=O) groups is 1. The van der Waals surface area contributed by atoms with E-state index in [1.54, 1.807) is 12.0 Å². The van der Waals surface area contributed by atoms with Gasteiger partial charge in [0.15, 0.2) is 6.61 Å². The third-order valence-electron chi connectivity index (χ3n) is 3.02. The van der Waals surface area contributed by atoms with Crippen molar-refractivity contribution in [2.75, 3.05) is 33.4 Å². The summed E-state index contributed by atoms with van der Waals surface area (Å²) in [6, 6.07) is 7.46. The van der Waals surface area contributed by atoms with Crippen molar-refractivity contribution in [1.82, 2.24) is 4.90 Å². The minimum absolute atomic E-state index is 0.0244. The van der Waals surface area contributed by atoms with Crippen LogP contribution in [0.4, 0.5) is 0 Å². The average molecular weight is 294 g/mol. The van der Waals surface area contributed by atoms with Gasteiger partial charge in [-0.15, -0.1) is 0 Å². The number of amides is 1. The van der Waals surface area contributed by atoms with Gasteiger partial charge in [-0.25, -0.2) is 0 Å². The molecule has 0 aliphatic rings. The monoisotopic (exact) mass is 294 g/mol. The first-order valence-corrected chi connectivity index (χ1v) is 7.25. The molecule has 0 aliphatic carbocycles. The van der Waals surface area contributed by atoms with Gasteiger partial charge in [0, 0.05) is 26.7 Å². The maximum Gasteiger partial charge on any atom is 0.260 e. The Morgan fingerprint density at radius 2 is 1.95 bits per heavy atom. The molecular formula is C16H26N2O3. The topological polar surface area (TPSA) is 64.8 Å². The number of methoxy groups -OCH3 is 1. The van der Waals surface area contributed by atoms with Crippen LogP contribution in [-0.2, 0) is 16.1 Å². The summed E-state index contributed by atoms with van der Waals surface area (Å²) in [6.07, 6.45) is 0. The first kappa shape index (κ1) is 17.5. The van der Waals surface area contributed by atoms with E-state index in [-0.39, 0.29) is 12.5 Å². The second-order valence-corrected chi connectivity index (χ2v) is 5.36. The highest BCUT2D eigenvalue weighted by atomic mass is 16.5. The van der Waals surface area contributed by atoms with Crippen LogP contribution >= 0.6 is 0 Å². The SMILES string of the molecule is COCCN(CC(C)C)C(=O)COc1ccc(CN)cc1. The minimum atomic E-state index is -0.0244. The predicted octanol–water partition coefficient (Wildman–Crippen LogP) is 1.66. The van der Waals surface area contributed by atoms with Gasteiger partial charge in [0.1, 0.15) is 5.75 Å². The number of carbonyl (C=O) groups excluding carboxylic acids is 1. The van der Waals surface area contributed by atoms with Crippen molar-refractivity contribution in [2.24, 2.45) is 11.7 Å². The molecule has 2 N–H and O–H groups in total. The van der Waals surface area contributed by atoms with Crippen LogP contribution in [0.2, 0.25) is 0 Å². The molecule has 1 aromatic rings. The fourth-order valence-corrected chi connectivity index (χ4v) is 1.92. The van der Waals surface area contributed by atoms with Crippen molar-refractivity contribution in [3.8, 4) is 5.75 Å². The van der Waals surface area contributed by atoms with Gasteiger partial charge in [-0.2, -0.15) is 0 Å². The average Bonchev–Trinajstić information content (AvgIpc) is 2.49. The van der Waals surface area contributed by atoms with Gasteiger partial charge in [0.25, 0.3) is 5.91 Å². The third kappa shape index (κ3) is 6.60. The van der Waals surface area contributed by atoms with Crippen molar-refractivity contribution < 1.29 is 14.3 Å². The lowest BCUT2D eigenvalue weighted by Gasteiger charge is -2.24. The minimum Gasteiger partial charge on any atom is -0.484 e. The Morgan fingerprint density at radius 1 is 1.29 bits per heavy atom. The molecule has 5 heteroatoms. The summed E-state index contributed by atoms with van der Waals surface area (Å²) in [5.41, 5.74) is 6.58. The summed E-state index contributed by atoms with van der Waals surface area (Å²) in [7, 11) is 1.63. The molecule has 21 heavy (non-hydrogen) atoms. The first-order chi connectivity index (χ1) is 10.1. The summed E-state index contributed by atoms with van der Waals surface area (Å²) in [4.78, 5) is 14.0. The smallest absolute Gasteiger partial charge is 0.260 e. The van der Waals surface area contributed by atoms with Gasteiger partial charge in [0.05, 0.1) is 6.61 Å². The molecule has 0 saturated carbocycles.